The van der Waals surface area contributed by atoms with Crippen molar-refractivity contribution in [1.82, 2.24) is 5.32 Å². The second-order valence-electron chi connectivity index (χ2n) is 4.90. The van der Waals surface area contributed by atoms with Crippen LogP contribution < -0.4 is 10.1 Å². The Hall–Kier alpha value is -1.94. The summed E-state index contributed by atoms with van der Waals surface area (Å²) in [6.07, 6.45) is 0. The van der Waals surface area contributed by atoms with Gasteiger partial charge in [-0.15, -0.1) is 11.8 Å². The van der Waals surface area contributed by atoms with Gasteiger partial charge in [0.1, 0.15) is 5.75 Å². The monoisotopic (exact) mass is 315 g/mol. The number of carbonyl (C=O) groups excluding carboxylic acids is 1. The molecule has 0 unspecified atom stereocenters. The summed E-state index contributed by atoms with van der Waals surface area (Å²) in [6.45, 7) is 4.06. The number of carbonyl (C=O) groups is 1. The molecule has 0 aliphatic carbocycles. The Labute approximate surface area is 136 Å². The van der Waals surface area contributed by atoms with Crippen LogP contribution in [0.5, 0.6) is 5.75 Å². The molecule has 4 heteroatoms. The van der Waals surface area contributed by atoms with Gasteiger partial charge in [-0.2, -0.15) is 0 Å². The Morgan fingerprint density at radius 3 is 2.50 bits per heavy atom. The van der Waals surface area contributed by atoms with E-state index in [9.17, 15) is 4.79 Å². The van der Waals surface area contributed by atoms with Gasteiger partial charge < -0.3 is 10.1 Å². The average molecular weight is 315 g/mol. The van der Waals surface area contributed by atoms with Crippen LogP contribution in [0.3, 0.4) is 0 Å². The molecule has 0 aliphatic rings. The van der Waals surface area contributed by atoms with Crippen LogP contribution in [0.4, 0.5) is 0 Å². The highest BCUT2D eigenvalue weighted by atomic mass is 32.2. The first kappa shape index (κ1) is 16.4. The third kappa shape index (κ3) is 4.04. The van der Waals surface area contributed by atoms with Gasteiger partial charge in [-0.25, -0.2) is 0 Å². The molecular formula is C18H21NO2S. The van der Waals surface area contributed by atoms with Crippen LogP contribution in [0.15, 0.2) is 53.4 Å². The van der Waals surface area contributed by atoms with E-state index in [1.54, 1.807) is 18.9 Å². The smallest absolute Gasteiger partial charge is 0.252 e. The van der Waals surface area contributed by atoms with Gasteiger partial charge in [0.15, 0.2) is 0 Å². The first-order chi connectivity index (χ1) is 10.7. The van der Waals surface area contributed by atoms with Crippen LogP contribution in [0, 0.1) is 0 Å². The number of nitrogens with one attached hydrogen (secondary N) is 1. The van der Waals surface area contributed by atoms with E-state index < -0.39 is 0 Å². The Morgan fingerprint density at radius 2 is 1.86 bits per heavy atom. The Morgan fingerprint density at radius 1 is 1.18 bits per heavy atom. The molecule has 0 spiro atoms. The summed E-state index contributed by atoms with van der Waals surface area (Å²) >= 11 is 1.68. The molecule has 116 valence electrons. The lowest BCUT2D eigenvalue weighted by molar-refractivity contribution is 0.0937. The second kappa shape index (κ2) is 7.90. The maximum absolute atomic E-state index is 12.5. The summed E-state index contributed by atoms with van der Waals surface area (Å²) < 4.78 is 5.15. The second-order valence-corrected chi connectivity index (χ2v) is 6.20. The topological polar surface area (TPSA) is 38.3 Å². The zero-order valence-electron chi connectivity index (χ0n) is 13.1. The van der Waals surface area contributed by atoms with Crippen molar-refractivity contribution in [3.8, 4) is 5.75 Å². The largest absolute Gasteiger partial charge is 0.497 e. The van der Waals surface area contributed by atoms with Gasteiger partial charge in [0, 0.05) is 4.90 Å². The van der Waals surface area contributed by atoms with Gasteiger partial charge in [0.2, 0.25) is 0 Å². The molecule has 0 heterocycles. The molecule has 22 heavy (non-hydrogen) atoms. The Bertz CT molecular complexity index is 625. The lowest BCUT2D eigenvalue weighted by Crippen LogP contribution is -2.27. The van der Waals surface area contributed by atoms with Crippen LogP contribution in [-0.2, 0) is 0 Å². The molecular weight excluding hydrogens is 294 g/mol. The number of thioether (sulfide) groups is 1. The number of methoxy groups -OCH3 is 1. The zero-order valence-corrected chi connectivity index (χ0v) is 13.9. The van der Waals surface area contributed by atoms with E-state index in [0.29, 0.717) is 0 Å². The predicted octanol–water partition coefficient (Wildman–Crippen LogP) is 4.30. The summed E-state index contributed by atoms with van der Waals surface area (Å²) in [6, 6.07) is 15.4. The molecule has 0 radical (unpaired) electrons. The van der Waals surface area contributed by atoms with Crippen LogP contribution in [0.25, 0.3) is 0 Å². The van der Waals surface area contributed by atoms with Crippen LogP contribution >= 0.6 is 11.8 Å². The van der Waals surface area contributed by atoms with Gasteiger partial charge in [0.05, 0.1) is 18.7 Å². The maximum Gasteiger partial charge on any atom is 0.252 e. The van der Waals surface area contributed by atoms with E-state index in [4.69, 9.17) is 4.74 Å². The van der Waals surface area contributed by atoms with Crippen molar-refractivity contribution in [3.63, 3.8) is 0 Å². The number of benzene rings is 2. The van der Waals surface area contributed by atoms with Gasteiger partial charge in [-0.1, -0.05) is 31.2 Å². The third-order valence-corrected chi connectivity index (χ3v) is 4.35. The van der Waals surface area contributed by atoms with Crippen LogP contribution in [0.1, 0.15) is 35.8 Å². The molecule has 1 N–H and O–H groups in total. The Balaban J connectivity index is 2.10. The lowest BCUT2D eigenvalue weighted by Gasteiger charge is -2.16. The van der Waals surface area contributed by atoms with Crippen LogP contribution in [0.2, 0.25) is 0 Å². The van der Waals surface area contributed by atoms with Crippen molar-refractivity contribution in [1.29, 1.82) is 0 Å². The number of rotatable bonds is 6. The molecule has 0 bridgehead atoms. The van der Waals surface area contributed by atoms with Crippen molar-refractivity contribution in [2.24, 2.45) is 0 Å². The minimum absolute atomic E-state index is 0.0418. The summed E-state index contributed by atoms with van der Waals surface area (Å²) in [5.41, 5.74) is 1.78. The highest BCUT2D eigenvalue weighted by Crippen LogP contribution is 2.23. The van der Waals surface area contributed by atoms with Gasteiger partial charge in [0.25, 0.3) is 5.91 Å². The molecule has 0 aromatic heterocycles. The first-order valence-corrected chi connectivity index (χ1v) is 8.31. The van der Waals surface area contributed by atoms with Crippen LogP contribution in [-0.4, -0.2) is 18.8 Å². The molecule has 3 nitrogen and oxygen atoms in total. The number of hydrogen-bond acceptors (Lipinski definition) is 3. The fourth-order valence-corrected chi connectivity index (χ4v) is 2.99. The minimum atomic E-state index is -0.0573. The van der Waals surface area contributed by atoms with Crippen molar-refractivity contribution in [2.45, 2.75) is 24.8 Å². The van der Waals surface area contributed by atoms with Crippen molar-refractivity contribution < 1.29 is 9.53 Å². The zero-order chi connectivity index (χ0) is 15.9. The minimum Gasteiger partial charge on any atom is -0.497 e. The fourth-order valence-electron chi connectivity index (χ4n) is 2.19. The highest BCUT2D eigenvalue weighted by Gasteiger charge is 2.14. The molecule has 2 aromatic carbocycles. The first-order valence-electron chi connectivity index (χ1n) is 7.32. The molecule has 0 aliphatic heterocycles. The summed E-state index contributed by atoms with van der Waals surface area (Å²) in [5, 5.41) is 3.06. The molecule has 0 saturated carbocycles. The van der Waals surface area contributed by atoms with Gasteiger partial charge in [-0.05, 0) is 42.5 Å². The van der Waals surface area contributed by atoms with E-state index in [2.05, 4.69) is 12.2 Å². The van der Waals surface area contributed by atoms with E-state index in [-0.39, 0.29) is 11.9 Å². The third-order valence-electron chi connectivity index (χ3n) is 3.39. The van der Waals surface area contributed by atoms with E-state index in [1.807, 2.05) is 55.5 Å². The quantitative estimate of drug-likeness (QED) is 0.808. The average Bonchev–Trinajstić information content (AvgIpc) is 2.55. The molecule has 0 saturated heterocycles. The van der Waals surface area contributed by atoms with E-state index >= 15 is 0 Å². The SMILES string of the molecule is CCSc1ccccc1C(=O)N[C@@H](C)c1ccc(OC)cc1. The normalized spacial score (nSPS) is 11.8. The number of hydrogen-bond donors (Lipinski definition) is 1. The summed E-state index contributed by atoms with van der Waals surface area (Å²) in [4.78, 5) is 13.5. The fraction of sp³-hybridized carbons (Fsp3) is 0.278. The highest BCUT2D eigenvalue weighted by molar-refractivity contribution is 7.99. The lowest BCUT2D eigenvalue weighted by atomic mass is 10.1. The maximum atomic E-state index is 12.5. The number of ether oxygens (including phenoxy) is 1. The summed E-state index contributed by atoms with van der Waals surface area (Å²) in [5.74, 6) is 1.71. The van der Waals surface area contributed by atoms with Crippen molar-refractivity contribution in [3.05, 3.63) is 59.7 Å². The number of amides is 1. The van der Waals surface area contributed by atoms with E-state index in [0.717, 1.165) is 27.5 Å². The molecule has 1 amide bonds. The van der Waals surface area contributed by atoms with E-state index in [1.165, 1.54) is 0 Å². The standard InChI is InChI=1S/C18H21NO2S/c1-4-22-17-8-6-5-7-16(17)18(20)19-13(2)14-9-11-15(21-3)12-10-14/h5-13H,4H2,1-3H3,(H,19,20)/t13-/m0/s1. The Kier molecular flexibility index (Phi) is 5.90. The summed E-state index contributed by atoms with van der Waals surface area (Å²) in [7, 11) is 1.64. The van der Waals surface area contributed by atoms with Gasteiger partial charge >= 0.3 is 0 Å². The molecule has 1 atom stereocenters. The van der Waals surface area contributed by atoms with Gasteiger partial charge in [-0.3, -0.25) is 4.79 Å². The van der Waals surface area contributed by atoms with Crippen molar-refractivity contribution in [2.75, 3.05) is 12.9 Å². The van der Waals surface area contributed by atoms with Crippen molar-refractivity contribution >= 4 is 17.7 Å². The molecule has 2 aromatic rings. The molecule has 2 rings (SSSR count). The predicted molar refractivity (Wildman–Crippen MR) is 91.7 cm³/mol. The molecule has 0 fully saturated rings.